The maximum absolute atomic E-state index is 11.0. The maximum atomic E-state index is 11.0. The highest BCUT2D eigenvalue weighted by atomic mass is 35.5. The molecule has 0 saturated heterocycles. The number of aromatic nitrogens is 2. The quantitative estimate of drug-likeness (QED) is 0.495. The second-order valence-electron chi connectivity index (χ2n) is 2.23. The van der Waals surface area contributed by atoms with E-state index in [1.165, 1.54) is 6.20 Å². The molecule has 13 heavy (non-hydrogen) atoms. The Hall–Kier alpha value is -1.47. The summed E-state index contributed by atoms with van der Waals surface area (Å²) in [4.78, 5) is 26.0. The molecule has 1 heterocycles. The fourth-order valence-electron chi connectivity index (χ4n) is 0.708. The van der Waals surface area contributed by atoms with E-state index in [2.05, 4.69) is 21.8 Å². The molecule has 1 rings (SSSR count). The third kappa shape index (κ3) is 2.80. The molecule has 0 aliphatic heterocycles. The van der Waals surface area contributed by atoms with Crippen LogP contribution in [0.3, 0.4) is 0 Å². The molecule has 0 aromatic carbocycles. The van der Waals surface area contributed by atoms with Crippen molar-refractivity contribution < 1.29 is 0 Å². The molecule has 0 unspecified atom stereocenters. The minimum absolute atomic E-state index is 0.240. The van der Waals surface area contributed by atoms with Crippen LogP contribution in [0, 0.1) is 11.8 Å². The van der Waals surface area contributed by atoms with E-state index in [1.54, 1.807) is 0 Å². The number of alkyl halides is 1. The normalized spacial score (nSPS) is 9.00. The van der Waals surface area contributed by atoms with Crippen molar-refractivity contribution in [1.82, 2.24) is 9.97 Å². The highest BCUT2D eigenvalue weighted by molar-refractivity contribution is 6.18. The van der Waals surface area contributed by atoms with Gasteiger partial charge in [0.2, 0.25) is 0 Å². The van der Waals surface area contributed by atoms with Gasteiger partial charge in [0.1, 0.15) is 5.56 Å². The van der Waals surface area contributed by atoms with Gasteiger partial charge in [0, 0.05) is 18.5 Å². The van der Waals surface area contributed by atoms with E-state index in [9.17, 15) is 9.59 Å². The molecule has 1 aromatic rings. The zero-order chi connectivity index (χ0) is 9.68. The summed E-state index contributed by atoms with van der Waals surface area (Å²) in [5.74, 6) is 5.71. The monoisotopic (exact) mass is 198 g/mol. The predicted octanol–water partition coefficient (Wildman–Crippen LogP) is 0.0436. The lowest BCUT2D eigenvalue weighted by Crippen LogP contribution is -2.23. The molecule has 0 atom stereocenters. The van der Waals surface area contributed by atoms with E-state index >= 15 is 0 Å². The Kier molecular flexibility index (Phi) is 3.35. The molecule has 0 aliphatic carbocycles. The van der Waals surface area contributed by atoms with Gasteiger partial charge in [-0.05, 0) is 0 Å². The predicted molar refractivity (Wildman–Crippen MR) is 49.9 cm³/mol. The van der Waals surface area contributed by atoms with E-state index in [0.717, 1.165) is 0 Å². The molecule has 0 bridgehead atoms. The minimum atomic E-state index is -0.534. The third-order valence-electron chi connectivity index (χ3n) is 1.26. The van der Waals surface area contributed by atoms with Crippen molar-refractivity contribution in [2.75, 3.05) is 5.88 Å². The highest BCUT2D eigenvalue weighted by Crippen LogP contribution is 1.83. The second kappa shape index (κ2) is 4.53. The van der Waals surface area contributed by atoms with Crippen LogP contribution in [0.5, 0.6) is 0 Å². The fourth-order valence-corrected chi connectivity index (χ4v) is 0.802. The molecule has 0 saturated carbocycles. The molecule has 4 nitrogen and oxygen atoms in total. The number of nitrogens with one attached hydrogen (secondary N) is 2. The molecular weight excluding hydrogens is 192 g/mol. The largest absolute Gasteiger partial charge is 0.325 e. The van der Waals surface area contributed by atoms with Crippen LogP contribution in [0.2, 0.25) is 0 Å². The Morgan fingerprint density at radius 3 is 2.85 bits per heavy atom. The van der Waals surface area contributed by atoms with Crippen molar-refractivity contribution in [1.29, 1.82) is 0 Å². The van der Waals surface area contributed by atoms with Gasteiger partial charge in [-0.1, -0.05) is 11.8 Å². The lowest BCUT2D eigenvalue weighted by atomic mass is 10.3. The fraction of sp³-hybridized carbons (Fsp3) is 0.250. The zero-order valence-corrected chi connectivity index (χ0v) is 7.44. The molecule has 0 aliphatic rings. The zero-order valence-electron chi connectivity index (χ0n) is 6.69. The summed E-state index contributed by atoms with van der Waals surface area (Å²) in [6, 6.07) is 0. The summed E-state index contributed by atoms with van der Waals surface area (Å²) >= 11 is 5.39. The Morgan fingerprint density at radius 1 is 1.46 bits per heavy atom. The Balaban J connectivity index is 2.99. The maximum Gasteiger partial charge on any atom is 0.325 e. The molecule has 0 amide bonds. The standard InChI is InChI=1S/C8H7ClN2O2/c9-4-2-1-3-6-5-10-8(13)11-7(6)12/h5H,2,4H2,(H2,10,11,12,13). The number of halogens is 1. The van der Waals surface area contributed by atoms with Gasteiger partial charge in [-0.25, -0.2) is 4.79 Å². The molecule has 2 N–H and O–H groups in total. The van der Waals surface area contributed by atoms with Crippen LogP contribution in [-0.4, -0.2) is 15.8 Å². The van der Waals surface area contributed by atoms with Crippen molar-refractivity contribution in [2.24, 2.45) is 0 Å². The molecule has 68 valence electrons. The highest BCUT2D eigenvalue weighted by Gasteiger charge is 1.93. The van der Waals surface area contributed by atoms with Crippen LogP contribution in [0.15, 0.2) is 15.8 Å². The smallest absolute Gasteiger partial charge is 0.313 e. The Labute approximate surface area is 79.0 Å². The summed E-state index contributed by atoms with van der Waals surface area (Å²) in [5.41, 5.74) is -0.775. The first-order valence-corrected chi connectivity index (χ1v) is 4.14. The van der Waals surface area contributed by atoms with Gasteiger partial charge in [-0.2, -0.15) is 0 Å². The van der Waals surface area contributed by atoms with Crippen LogP contribution >= 0.6 is 11.6 Å². The van der Waals surface area contributed by atoms with Crippen LogP contribution < -0.4 is 11.2 Å². The van der Waals surface area contributed by atoms with E-state index in [1.807, 2.05) is 0 Å². The van der Waals surface area contributed by atoms with E-state index in [4.69, 9.17) is 11.6 Å². The van der Waals surface area contributed by atoms with Crippen molar-refractivity contribution in [3.8, 4) is 11.8 Å². The second-order valence-corrected chi connectivity index (χ2v) is 2.60. The summed E-state index contributed by atoms with van der Waals surface area (Å²) in [7, 11) is 0. The number of rotatable bonds is 1. The SMILES string of the molecule is O=c1[nH]cc(C#CCCCl)c(=O)[nH]1. The van der Waals surface area contributed by atoms with Gasteiger partial charge in [-0.15, -0.1) is 11.6 Å². The van der Waals surface area contributed by atoms with Gasteiger partial charge >= 0.3 is 5.69 Å². The Morgan fingerprint density at radius 2 is 2.23 bits per heavy atom. The van der Waals surface area contributed by atoms with Gasteiger partial charge < -0.3 is 4.98 Å². The first kappa shape index (κ1) is 9.62. The number of hydrogen-bond acceptors (Lipinski definition) is 2. The topological polar surface area (TPSA) is 65.7 Å². The van der Waals surface area contributed by atoms with Crippen LogP contribution in [0.1, 0.15) is 12.0 Å². The van der Waals surface area contributed by atoms with Crippen molar-refractivity contribution in [2.45, 2.75) is 6.42 Å². The van der Waals surface area contributed by atoms with Gasteiger partial charge in [0.25, 0.3) is 5.56 Å². The van der Waals surface area contributed by atoms with E-state index in [-0.39, 0.29) is 5.56 Å². The first-order chi connectivity index (χ1) is 6.24. The number of aromatic amines is 2. The van der Waals surface area contributed by atoms with Crippen LogP contribution in [0.25, 0.3) is 0 Å². The summed E-state index contributed by atoms with van der Waals surface area (Å²) < 4.78 is 0. The molecule has 5 heteroatoms. The van der Waals surface area contributed by atoms with Gasteiger partial charge in [-0.3, -0.25) is 9.78 Å². The lowest BCUT2D eigenvalue weighted by Gasteiger charge is -1.86. The van der Waals surface area contributed by atoms with Crippen molar-refractivity contribution >= 4 is 11.6 Å². The summed E-state index contributed by atoms with van der Waals surface area (Å²) in [6.45, 7) is 0. The van der Waals surface area contributed by atoms with Crippen molar-refractivity contribution in [3.05, 3.63) is 32.6 Å². The third-order valence-corrected chi connectivity index (χ3v) is 1.45. The summed E-state index contributed by atoms with van der Waals surface area (Å²) in [6.07, 6.45) is 1.79. The van der Waals surface area contributed by atoms with Gasteiger partial charge in [0.05, 0.1) is 0 Å². The van der Waals surface area contributed by atoms with Crippen LogP contribution in [0.4, 0.5) is 0 Å². The molecule has 0 spiro atoms. The van der Waals surface area contributed by atoms with Crippen LogP contribution in [-0.2, 0) is 0 Å². The molecule has 0 radical (unpaired) electrons. The minimum Gasteiger partial charge on any atom is -0.313 e. The molecule has 0 fully saturated rings. The average molecular weight is 199 g/mol. The van der Waals surface area contributed by atoms with E-state index in [0.29, 0.717) is 12.3 Å². The lowest BCUT2D eigenvalue weighted by molar-refractivity contribution is 1.03. The van der Waals surface area contributed by atoms with Crippen molar-refractivity contribution in [3.63, 3.8) is 0 Å². The van der Waals surface area contributed by atoms with Gasteiger partial charge in [0.15, 0.2) is 0 Å². The first-order valence-electron chi connectivity index (χ1n) is 3.61. The molecular formula is C8H7ClN2O2. The Bertz CT molecular complexity index is 449. The molecule has 1 aromatic heterocycles. The van der Waals surface area contributed by atoms with E-state index < -0.39 is 11.2 Å². The number of hydrogen-bond donors (Lipinski definition) is 2. The average Bonchev–Trinajstić information content (AvgIpc) is 2.09. The summed E-state index contributed by atoms with van der Waals surface area (Å²) in [5, 5.41) is 0. The number of H-pyrrole nitrogens is 2.